The molecule has 0 aromatic heterocycles. The molecule has 0 aliphatic rings. The van der Waals surface area contributed by atoms with Crippen molar-refractivity contribution >= 4 is 22.9 Å². The highest BCUT2D eigenvalue weighted by Crippen LogP contribution is 2.28. The fourth-order valence-electron chi connectivity index (χ4n) is 1.42. The normalized spacial score (nSPS) is 11.4. The summed E-state index contributed by atoms with van der Waals surface area (Å²) in [7, 11) is 0. The summed E-state index contributed by atoms with van der Waals surface area (Å²) >= 11 is 4.85. The molecule has 5 heteroatoms. The van der Waals surface area contributed by atoms with Crippen molar-refractivity contribution in [2.45, 2.75) is 27.2 Å². The van der Waals surface area contributed by atoms with Gasteiger partial charge in [-0.05, 0) is 31.9 Å². The first-order chi connectivity index (χ1) is 7.95. The van der Waals surface area contributed by atoms with Crippen LogP contribution in [0.3, 0.4) is 0 Å². The molecular weight excluding hydrogens is 236 g/mol. The van der Waals surface area contributed by atoms with Gasteiger partial charge in [0.25, 0.3) is 0 Å². The average Bonchev–Trinajstić information content (AvgIpc) is 2.26. The van der Waals surface area contributed by atoms with Crippen molar-refractivity contribution < 1.29 is 10.2 Å². The molecule has 3 N–H and O–H groups in total. The van der Waals surface area contributed by atoms with Gasteiger partial charge in [0.2, 0.25) is 0 Å². The summed E-state index contributed by atoms with van der Waals surface area (Å²) in [5, 5.41) is 23.4. The Kier molecular flexibility index (Phi) is 4.45. The Hall–Kier alpha value is -1.62. The van der Waals surface area contributed by atoms with Crippen LogP contribution in [0.25, 0.3) is 0 Å². The van der Waals surface area contributed by atoms with E-state index in [-0.39, 0.29) is 11.5 Å². The number of hydrazone groups is 1. The van der Waals surface area contributed by atoms with Crippen molar-refractivity contribution in [3.8, 4) is 11.5 Å². The monoisotopic (exact) mass is 252 g/mol. The van der Waals surface area contributed by atoms with Gasteiger partial charge in [0.15, 0.2) is 0 Å². The first-order valence-electron chi connectivity index (χ1n) is 5.31. The molecule has 0 radical (unpaired) electrons. The first-order valence-corrected chi connectivity index (χ1v) is 5.72. The molecule has 0 heterocycles. The number of aromatic hydroxyl groups is 2. The summed E-state index contributed by atoms with van der Waals surface area (Å²) in [5.41, 5.74) is 4.64. The summed E-state index contributed by atoms with van der Waals surface area (Å²) < 4.78 is 0. The smallest absolute Gasteiger partial charge is 0.128 e. The molecule has 0 saturated carbocycles. The quantitative estimate of drug-likeness (QED) is 0.439. The summed E-state index contributed by atoms with van der Waals surface area (Å²) in [6, 6.07) is 3.06. The van der Waals surface area contributed by atoms with Gasteiger partial charge >= 0.3 is 0 Å². The van der Waals surface area contributed by atoms with E-state index in [1.165, 1.54) is 6.07 Å². The van der Waals surface area contributed by atoms with E-state index in [9.17, 15) is 10.2 Å². The Morgan fingerprint density at radius 2 is 1.94 bits per heavy atom. The van der Waals surface area contributed by atoms with Gasteiger partial charge in [-0.25, -0.2) is 0 Å². The van der Waals surface area contributed by atoms with Gasteiger partial charge in [0, 0.05) is 11.6 Å². The fourth-order valence-corrected chi connectivity index (χ4v) is 1.46. The SMILES string of the molecule is CCc1cc(/C(C)=N\NC(C)=S)c(O)cc1O. The lowest BCUT2D eigenvalue weighted by Crippen LogP contribution is -2.13. The Balaban J connectivity index is 3.13. The lowest BCUT2D eigenvalue weighted by Gasteiger charge is -2.09. The van der Waals surface area contributed by atoms with Crippen molar-refractivity contribution in [1.29, 1.82) is 0 Å². The molecule has 0 unspecified atom stereocenters. The maximum absolute atomic E-state index is 9.75. The molecule has 0 aliphatic carbocycles. The van der Waals surface area contributed by atoms with Gasteiger partial charge in [0.1, 0.15) is 11.5 Å². The van der Waals surface area contributed by atoms with Crippen molar-refractivity contribution in [3.05, 3.63) is 23.3 Å². The molecule has 0 amide bonds. The van der Waals surface area contributed by atoms with E-state index in [0.29, 0.717) is 22.7 Å². The molecule has 0 bridgehead atoms. The van der Waals surface area contributed by atoms with Crippen LogP contribution in [0.4, 0.5) is 0 Å². The van der Waals surface area contributed by atoms with Gasteiger partial charge < -0.3 is 10.2 Å². The Morgan fingerprint density at radius 1 is 1.29 bits per heavy atom. The van der Waals surface area contributed by atoms with Crippen LogP contribution in [0.5, 0.6) is 11.5 Å². The zero-order chi connectivity index (χ0) is 13.0. The van der Waals surface area contributed by atoms with Gasteiger partial charge in [-0.15, -0.1) is 0 Å². The van der Waals surface area contributed by atoms with Crippen LogP contribution in [0, 0.1) is 0 Å². The molecule has 0 spiro atoms. The summed E-state index contributed by atoms with van der Waals surface area (Å²) in [4.78, 5) is 0.554. The number of rotatable bonds is 3. The standard InChI is InChI=1S/C12H16N2O2S/c1-4-9-5-10(12(16)6-11(9)15)7(2)13-14-8(3)17/h5-6,15-16H,4H2,1-3H3,(H,14,17)/b13-7-. The van der Waals surface area contributed by atoms with Crippen LogP contribution in [-0.4, -0.2) is 20.9 Å². The zero-order valence-electron chi connectivity index (χ0n) is 10.1. The number of thiocarbonyl (C=S) groups is 1. The number of aryl methyl sites for hydroxylation is 1. The minimum atomic E-state index is 0.00442. The molecule has 4 nitrogen and oxygen atoms in total. The summed E-state index contributed by atoms with van der Waals surface area (Å²) in [6.45, 7) is 5.42. The average molecular weight is 252 g/mol. The second kappa shape index (κ2) is 5.63. The second-order valence-electron chi connectivity index (χ2n) is 3.72. The molecule has 1 rings (SSSR count). The number of nitrogens with one attached hydrogen (secondary N) is 1. The van der Waals surface area contributed by atoms with E-state index < -0.39 is 0 Å². The third-order valence-electron chi connectivity index (χ3n) is 2.35. The number of benzene rings is 1. The van der Waals surface area contributed by atoms with E-state index in [1.807, 2.05) is 6.92 Å². The molecule has 0 saturated heterocycles. The van der Waals surface area contributed by atoms with Crippen LogP contribution in [0.2, 0.25) is 0 Å². The highest BCUT2D eigenvalue weighted by molar-refractivity contribution is 7.80. The van der Waals surface area contributed by atoms with Gasteiger partial charge in [-0.1, -0.05) is 19.1 Å². The van der Waals surface area contributed by atoms with Crippen LogP contribution in [0.15, 0.2) is 17.2 Å². The van der Waals surface area contributed by atoms with E-state index in [4.69, 9.17) is 12.2 Å². The van der Waals surface area contributed by atoms with E-state index in [0.717, 1.165) is 5.56 Å². The van der Waals surface area contributed by atoms with Crippen molar-refractivity contribution in [1.82, 2.24) is 5.43 Å². The molecule has 0 fully saturated rings. The van der Waals surface area contributed by atoms with Gasteiger partial charge in [-0.3, -0.25) is 5.43 Å². The lowest BCUT2D eigenvalue weighted by molar-refractivity contribution is 0.445. The highest BCUT2D eigenvalue weighted by Gasteiger charge is 2.10. The largest absolute Gasteiger partial charge is 0.508 e. The minimum absolute atomic E-state index is 0.00442. The van der Waals surface area contributed by atoms with Crippen molar-refractivity contribution in [2.24, 2.45) is 5.10 Å². The first kappa shape index (κ1) is 13.4. The predicted molar refractivity (Wildman–Crippen MR) is 72.8 cm³/mol. The maximum Gasteiger partial charge on any atom is 0.128 e. The number of phenolic OH excluding ortho intramolecular Hbond substituents is 2. The molecule has 17 heavy (non-hydrogen) atoms. The van der Waals surface area contributed by atoms with Crippen LogP contribution in [0.1, 0.15) is 31.9 Å². The van der Waals surface area contributed by atoms with Crippen molar-refractivity contribution in [3.63, 3.8) is 0 Å². The molecule has 0 atom stereocenters. The number of phenols is 2. The predicted octanol–water partition coefficient (Wildman–Crippen LogP) is 2.32. The number of nitrogens with zero attached hydrogens (tertiary/aromatic N) is 1. The van der Waals surface area contributed by atoms with E-state index >= 15 is 0 Å². The van der Waals surface area contributed by atoms with Crippen LogP contribution < -0.4 is 5.43 Å². The van der Waals surface area contributed by atoms with Crippen molar-refractivity contribution in [2.75, 3.05) is 0 Å². The Bertz CT molecular complexity index is 470. The molecule has 1 aromatic carbocycles. The zero-order valence-corrected chi connectivity index (χ0v) is 10.9. The molecule has 92 valence electrons. The van der Waals surface area contributed by atoms with E-state index in [1.54, 1.807) is 19.9 Å². The lowest BCUT2D eigenvalue weighted by atomic mass is 10.0. The van der Waals surface area contributed by atoms with Gasteiger partial charge in [0.05, 0.1) is 10.7 Å². The second-order valence-corrected chi connectivity index (χ2v) is 4.33. The van der Waals surface area contributed by atoms with E-state index in [2.05, 4.69) is 10.5 Å². The highest BCUT2D eigenvalue weighted by atomic mass is 32.1. The third-order valence-corrected chi connectivity index (χ3v) is 2.44. The maximum atomic E-state index is 9.75. The Labute approximate surface area is 106 Å². The minimum Gasteiger partial charge on any atom is -0.508 e. The number of hydrogen-bond acceptors (Lipinski definition) is 4. The fraction of sp³-hybridized carbons (Fsp3) is 0.333. The molecular formula is C12H16N2O2S. The summed E-state index contributed by atoms with van der Waals surface area (Å²) in [5.74, 6) is 0.102. The molecule has 1 aromatic rings. The molecule has 0 aliphatic heterocycles. The summed E-state index contributed by atoms with van der Waals surface area (Å²) in [6.07, 6.45) is 0.687. The topological polar surface area (TPSA) is 64.9 Å². The number of hydrogen-bond donors (Lipinski definition) is 3. The van der Waals surface area contributed by atoms with Crippen LogP contribution >= 0.6 is 12.2 Å². The van der Waals surface area contributed by atoms with Gasteiger partial charge in [-0.2, -0.15) is 5.10 Å². The Morgan fingerprint density at radius 3 is 2.47 bits per heavy atom. The van der Waals surface area contributed by atoms with Crippen LogP contribution in [-0.2, 0) is 6.42 Å². The third kappa shape index (κ3) is 3.42.